The van der Waals surface area contributed by atoms with Crippen LogP contribution in [0.4, 0.5) is 4.39 Å². The fraction of sp³-hybridized carbons (Fsp3) is 0.533. The van der Waals surface area contributed by atoms with Gasteiger partial charge in [-0.15, -0.1) is 12.4 Å². The molecule has 0 spiro atoms. The van der Waals surface area contributed by atoms with Crippen molar-refractivity contribution < 1.29 is 14.3 Å². The van der Waals surface area contributed by atoms with E-state index in [1.807, 2.05) is 6.07 Å². The fourth-order valence-corrected chi connectivity index (χ4v) is 3.06. The van der Waals surface area contributed by atoms with Crippen LogP contribution >= 0.6 is 28.3 Å². The van der Waals surface area contributed by atoms with Gasteiger partial charge in [0.1, 0.15) is 5.82 Å². The summed E-state index contributed by atoms with van der Waals surface area (Å²) < 4.78 is 14.6. The lowest BCUT2D eigenvalue weighted by atomic mass is 9.97. The molecule has 118 valence electrons. The molecule has 1 heterocycles. The van der Waals surface area contributed by atoms with Crippen molar-refractivity contribution in [2.45, 2.75) is 32.2 Å². The highest BCUT2D eigenvalue weighted by molar-refractivity contribution is 9.10. The third kappa shape index (κ3) is 5.93. The number of carbonyl (C=O) groups is 1. The van der Waals surface area contributed by atoms with Gasteiger partial charge in [-0.25, -0.2) is 4.39 Å². The average molecular weight is 381 g/mol. The zero-order valence-corrected chi connectivity index (χ0v) is 14.1. The Morgan fingerprint density at radius 3 is 2.81 bits per heavy atom. The molecule has 1 fully saturated rings. The van der Waals surface area contributed by atoms with Crippen LogP contribution in [0.1, 0.15) is 31.2 Å². The molecule has 0 amide bonds. The van der Waals surface area contributed by atoms with E-state index in [0.717, 1.165) is 36.8 Å². The first kappa shape index (κ1) is 18.4. The number of likely N-dealkylation sites (tertiary alicyclic amines) is 1. The number of rotatable bonds is 4. The molecule has 3 nitrogen and oxygen atoms in total. The predicted molar refractivity (Wildman–Crippen MR) is 86.2 cm³/mol. The summed E-state index contributed by atoms with van der Waals surface area (Å²) in [6.45, 7) is 2.35. The van der Waals surface area contributed by atoms with Gasteiger partial charge in [-0.1, -0.05) is 22.0 Å². The highest BCUT2D eigenvalue weighted by Crippen LogP contribution is 2.23. The van der Waals surface area contributed by atoms with Crippen molar-refractivity contribution in [1.82, 2.24) is 4.90 Å². The van der Waals surface area contributed by atoms with E-state index in [2.05, 4.69) is 20.8 Å². The Bertz CT molecular complexity index is 487. The van der Waals surface area contributed by atoms with E-state index in [4.69, 9.17) is 5.11 Å². The van der Waals surface area contributed by atoms with E-state index in [1.54, 1.807) is 6.07 Å². The lowest BCUT2D eigenvalue weighted by Gasteiger charge is -2.20. The van der Waals surface area contributed by atoms with Gasteiger partial charge in [-0.3, -0.25) is 9.69 Å². The Kier molecular flexibility index (Phi) is 7.63. The summed E-state index contributed by atoms with van der Waals surface area (Å²) in [5.74, 6) is -0.652. The smallest absolute Gasteiger partial charge is 0.303 e. The SMILES string of the molecule is Cl.O=C(O)CC1CCCN(Cc2ccc(Br)cc2F)CC1. The summed E-state index contributed by atoms with van der Waals surface area (Å²) in [6, 6.07) is 5.14. The van der Waals surface area contributed by atoms with Gasteiger partial charge in [0.2, 0.25) is 0 Å². The second kappa shape index (κ2) is 8.71. The number of carboxylic acid groups (broad SMARTS) is 1. The summed E-state index contributed by atoms with van der Waals surface area (Å²) in [7, 11) is 0. The summed E-state index contributed by atoms with van der Waals surface area (Å²) >= 11 is 3.26. The number of benzene rings is 1. The molecule has 21 heavy (non-hydrogen) atoms. The number of aliphatic carboxylic acids is 1. The topological polar surface area (TPSA) is 40.5 Å². The number of hydrogen-bond donors (Lipinski definition) is 1. The van der Waals surface area contributed by atoms with Crippen LogP contribution in [0, 0.1) is 11.7 Å². The highest BCUT2D eigenvalue weighted by atomic mass is 79.9. The third-order valence-electron chi connectivity index (χ3n) is 3.81. The zero-order chi connectivity index (χ0) is 14.5. The second-order valence-corrected chi connectivity index (χ2v) is 6.32. The minimum absolute atomic E-state index is 0. The van der Waals surface area contributed by atoms with Gasteiger partial charge in [0.05, 0.1) is 0 Å². The van der Waals surface area contributed by atoms with Crippen molar-refractivity contribution in [3.05, 3.63) is 34.1 Å². The van der Waals surface area contributed by atoms with Crippen molar-refractivity contribution >= 4 is 34.3 Å². The van der Waals surface area contributed by atoms with Crippen molar-refractivity contribution in [1.29, 1.82) is 0 Å². The minimum atomic E-state index is -0.720. The van der Waals surface area contributed by atoms with E-state index in [-0.39, 0.29) is 30.6 Å². The van der Waals surface area contributed by atoms with E-state index >= 15 is 0 Å². The van der Waals surface area contributed by atoms with Gasteiger partial charge in [0.25, 0.3) is 0 Å². The number of carboxylic acids is 1. The maximum atomic E-state index is 13.8. The number of hydrogen-bond acceptors (Lipinski definition) is 2. The van der Waals surface area contributed by atoms with Crippen LogP contribution in [0.3, 0.4) is 0 Å². The molecule has 0 bridgehead atoms. The summed E-state index contributed by atoms with van der Waals surface area (Å²) in [5, 5.41) is 8.85. The number of nitrogens with zero attached hydrogens (tertiary/aromatic N) is 1. The van der Waals surface area contributed by atoms with Crippen LogP contribution < -0.4 is 0 Å². The minimum Gasteiger partial charge on any atom is -0.481 e. The van der Waals surface area contributed by atoms with Gasteiger partial charge < -0.3 is 5.11 Å². The van der Waals surface area contributed by atoms with Crippen LogP contribution in [0.2, 0.25) is 0 Å². The van der Waals surface area contributed by atoms with Crippen LogP contribution in [0.25, 0.3) is 0 Å². The van der Waals surface area contributed by atoms with Crippen molar-refractivity contribution in [3.63, 3.8) is 0 Å². The van der Waals surface area contributed by atoms with E-state index in [9.17, 15) is 9.18 Å². The molecule has 1 aliphatic rings. The standard InChI is InChI=1S/C15H19BrFNO2.ClH/c16-13-4-3-12(14(17)9-13)10-18-6-1-2-11(5-7-18)8-15(19)20;/h3-4,9,11H,1-2,5-8,10H2,(H,19,20);1H. The number of halogens is 3. The normalized spacial score (nSPS) is 19.6. The quantitative estimate of drug-likeness (QED) is 0.855. The van der Waals surface area contributed by atoms with Gasteiger partial charge in [-0.2, -0.15) is 0 Å². The Balaban J connectivity index is 0.00000220. The second-order valence-electron chi connectivity index (χ2n) is 5.41. The van der Waals surface area contributed by atoms with Crippen LogP contribution in [-0.2, 0) is 11.3 Å². The first-order chi connectivity index (χ1) is 9.54. The highest BCUT2D eigenvalue weighted by Gasteiger charge is 2.20. The predicted octanol–water partition coefficient (Wildman–Crippen LogP) is 4.09. The lowest BCUT2D eigenvalue weighted by Crippen LogP contribution is -2.25. The Hall–Kier alpha value is -0.650. The maximum Gasteiger partial charge on any atom is 0.303 e. The van der Waals surface area contributed by atoms with Crippen LogP contribution in [0.15, 0.2) is 22.7 Å². The van der Waals surface area contributed by atoms with Crippen LogP contribution in [-0.4, -0.2) is 29.1 Å². The molecule has 1 aromatic rings. The summed E-state index contributed by atoms with van der Waals surface area (Å²) in [6.07, 6.45) is 3.06. The van der Waals surface area contributed by atoms with Gasteiger partial charge in [0, 0.05) is 23.0 Å². The molecule has 1 aliphatic heterocycles. The van der Waals surface area contributed by atoms with Crippen molar-refractivity contribution in [3.8, 4) is 0 Å². The average Bonchev–Trinajstić information content (AvgIpc) is 2.58. The molecule has 1 unspecified atom stereocenters. The van der Waals surface area contributed by atoms with Gasteiger partial charge in [0.15, 0.2) is 0 Å². The molecule has 0 aliphatic carbocycles. The molecule has 0 radical (unpaired) electrons. The Morgan fingerprint density at radius 1 is 1.38 bits per heavy atom. The molecule has 1 saturated heterocycles. The van der Waals surface area contributed by atoms with E-state index in [0.29, 0.717) is 12.1 Å². The molecule has 0 saturated carbocycles. The molecular formula is C15H20BrClFNO2. The first-order valence-corrected chi connectivity index (χ1v) is 7.72. The van der Waals surface area contributed by atoms with E-state index < -0.39 is 5.97 Å². The molecule has 6 heteroatoms. The van der Waals surface area contributed by atoms with Gasteiger partial charge >= 0.3 is 5.97 Å². The monoisotopic (exact) mass is 379 g/mol. The fourth-order valence-electron chi connectivity index (χ4n) is 2.72. The Morgan fingerprint density at radius 2 is 2.14 bits per heavy atom. The van der Waals surface area contributed by atoms with E-state index in [1.165, 1.54) is 6.07 Å². The maximum absolute atomic E-state index is 13.8. The summed E-state index contributed by atoms with van der Waals surface area (Å²) in [5.41, 5.74) is 0.699. The molecule has 0 aromatic heterocycles. The van der Waals surface area contributed by atoms with Gasteiger partial charge in [-0.05, 0) is 50.4 Å². The van der Waals surface area contributed by atoms with Crippen molar-refractivity contribution in [2.24, 2.45) is 5.92 Å². The summed E-state index contributed by atoms with van der Waals surface area (Å²) in [4.78, 5) is 13.0. The first-order valence-electron chi connectivity index (χ1n) is 6.92. The molecule has 2 rings (SSSR count). The molecule has 1 aromatic carbocycles. The zero-order valence-electron chi connectivity index (χ0n) is 11.7. The molecular weight excluding hydrogens is 361 g/mol. The van der Waals surface area contributed by atoms with Crippen molar-refractivity contribution in [2.75, 3.05) is 13.1 Å². The lowest BCUT2D eigenvalue weighted by molar-refractivity contribution is -0.138. The van der Waals surface area contributed by atoms with Crippen LogP contribution in [0.5, 0.6) is 0 Å². The largest absolute Gasteiger partial charge is 0.481 e. The Labute approximate surface area is 139 Å². The molecule has 1 atom stereocenters. The third-order valence-corrected chi connectivity index (χ3v) is 4.31. The molecule has 1 N–H and O–H groups in total.